The summed E-state index contributed by atoms with van der Waals surface area (Å²) in [6, 6.07) is 4.67. The molecule has 27 heavy (non-hydrogen) atoms. The van der Waals surface area contributed by atoms with E-state index in [4.69, 9.17) is 4.74 Å². The molecule has 1 aromatic rings. The summed E-state index contributed by atoms with van der Waals surface area (Å²) in [6.45, 7) is 0.156. The zero-order valence-electron chi connectivity index (χ0n) is 15.1. The van der Waals surface area contributed by atoms with Gasteiger partial charge in [0.1, 0.15) is 6.04 Å². The Kier molecular flexibility index (Phi) is 5.83. The van der Waals surface area contributed by atoms with E-state index in [1.807, 2.05) is 0 Å². The minimum Gasteiger partial charge on any atom is -0.480 e. The van der Waals surface area contributed by atoms with Crippen molar-refractivity contribution in [2.45, 2.75) is 55.2 Å². The first-order chi connectivity index (χ1) is 12.8. The molecule has 2 N–H and O–H groups in total. The average molecular weight is 396 g/mol. The molecule has 0 spiro atoms. The number of amides is 1. The van der Waals surface area contributed by atoms with Gasteiger partial charge in [-0.2, -0.15) is 0 Å². The van der Waals surface area contributed by atoms with Crippen molar-refractivity contribution < 1.29 is 27.9 Å². The molecule has 2 fully saturated rings. The third-order valence-corrected chi connectivity index (χ3v) is 6.73. The predicted octanol–water partition coefficient (Wildman–Crippen LogP) is 1.22. The fourth-order valence-corrected chi connectivity index (χ4v) is 5.07. The Bertz CT molecular complexity index is 819. The van der Waals surface area contributed by atoms with Gasteiger partial charge in [-0.1, -0.05) is 18.9 Å². The number of likely N-dealkylation sites (tertiary alicyclic amines) is 1. The molecule has 1 amide bonds. The van der Waals surface area contributed by atoms with Crippen LogP contribution in [0.3, 0.4) is 0 Å². The van der Waals surface area contributed by atoms with E-state index in [2.05, 4.69) is 4.72 Å². The van der Waals surface area contributed by atoms with Crippen molar-refractivity contribution in [3.63, 3.8) is 0 Å². The van der Waals surface area contributed by atoms with Gasteiger partial charge in [0.25, 0.3) is 5.91 Å². The van der Waals surface area contributed by atoms with Crippen LogP contribution in [-0.4, -0.2) is 62.1 Å². The quantitative estimate of drug-likeness (QED) is 0.748. The minimum atomic E-state index is -3.73. The molecule has 2 atom stereocenters. The average Bonchev–Trinajstić information content (AvgIpc) is 3.30. The smallest absolute Gasteiger partial charge is 0.326 e. The SMILES string of the molecule is COC1CC(C(=O)O)N(C(=O)c2cccc(S(=O)(=O)NC3CCCC3)c2)C1. The second-order valence-corrected chi connectivity index (χ2v) is 8.75. The third kappa shape index (κ3) is 4.31. The van der Waals surface area contributed by atoms with E-state index in [1.165, 1.54) is 36.3 Å². The molecule has 1 saturated carbocycles. The van der Waals surface area contributed by atoms with E-state index < -0.39 is 27.9 Å². The summed E-state index contributed by atoms with van der Waals surface area (Å²) < 4.78 is 33.1. The second kappa shape index (κ2) is 7.95. The van der Waals surface area contributed by atoms with Gasteiger partial charge in [0.2, 0.25) is 10.0 Å². The summed E-state index contributed by atoms with van der Waals surface area (Å²) in [5, 5.41) is 9.38. The zero-order chi connectivity index (χ0) is 19.6. The predicted molar refractivity (Wildman–Crippen MR) is 96.9 cm³/mol. The highest BCUT2D eigenvalue weighted by atomic mass is 32.2. The molecule has 2 aliphatic rings. The normalized spacial score (nSPS) is 23.7. The monoisotopic (exact) mass is 396 g/mol. The molecule has 1 aliphatic heterocycles. The fourth-order valence-electron chi connectivity index (χ4n) is 3.72. The molecule has 1 heterocycles. The summed E-state index contributed by atoms with van der Waals surface area (Å²) in [5.74, 6) is -1.62. The van der Waals surface area contributed by atoms with Crippen LogP contribution in [0.1, 0.15) is 42.5 Å². The van der Waals surface area contributed by atoms with Gasteiger partial charge in [-0.15, -0.1) is 0 Å². The van der Waals surface area contributed by atoms with Crippen molar-refractivity contribution >= 4 is 21.9 Å². The van der Waals surface area contributed by atoms with E-state index in [0.29, 0.717) is 0 Å². The molecule has 3 rings (SSSR count). The Morgan fingerprint density at radius 3 is 2.59 bits per heavy atom. The molecule has 1 aliphatic carbocycles. The summed E-state index contributed by atoms with van der Waals surface area (Å²) in [5.41, 5.74) is 0.146. The van der Waals surface area contributed by atoms with Crippen LogP contribution in [0.5, 0.6) is 0 Å². The molecule has 0 bridgehead atoms. The van der Waals surface area contributed by atoms with Crippen molar-refractivity contribution in [3.05, 3.63) is 29.8 Å². The molecule has 0 radical (unpaired) electrons. The van der Waals surface area contributed by atoms with Crippen LogP contribution >= 0.6 is 0 Å². The summed E-state index contributed by atoms with van der Waals surface area (Å²) >= 11 is 0. The zero-order valence-corrected chi connectivity index (χ0v) is 15.9. The van der Waals surface area contributed by atoms with Crippen LogP contribution in [0.25, 0.3) is 0 Å². The maximum atomic E-state index is 12.8. The number of sulfonamides is 1. The van der Waals surface area contributed by atoms with Crippen LogP contribution in [0.2, 0.25) is 0 Å². The Hall–Kier alpha value is -1.97. The molecule has 8 nitrogen and oxygen atoms in total. The van der Waals surface area contributed by atoms with Crippen LogP contribution in [0.15, 0.2) is 29.2 Å². The van der Waals surface area contributed by atoms with E-state index in [-0.39, 0.29) is 35.6 Å². The topological polar surface area (TPSA) is 113 Å². The number of hydrogen-bond donors (Lipinski definition) is 2. The number of carboxylic acids is 1. The van der Waals surface area contributed by atoms with Gasteiger partial charge in [0.05, 0.1) is 11.0 Å². The number of benzene rings is 1. The molecule has 9 heteroatoms. The number of hydrogen-bond acceptors (Lipinski definition) is 5. The molecule has 1 aromatic carbocycles. The number of nitrogens with zero attached hydrogens (tertiary/aromatic N) is 1. The van der Waals surface area contributed by atoms with Crippen LogP contribution in [-0.2, 0) is 19.6 Å². The maximum Gasteiger partial charge on any atom is 0.326 e. The maximum absolute atomic E-state index is 12.8. The first kappa shape index (κ1) is 19.8. The number of carbonyl (C=O) groups is 2. The molecule has 2 unspecified atom stereocenters. The molecule has 1 saturated heterocycles. The van der Waals surface area contributed by atoms with Crippen molar-refractivity contribution in [2.24, 2.45) is 0 Å². The summed E-state index contributed by atoms with van der Waals surface area (Å²) in [4.78, 5) is 25.5. The number of aliphatic carboxylic acids is 1. The highest BCUT2D eigenvalue weighted by molar-refractivity contribution is 7.89. The van der Waals surface area contributed by atoms with Gasteiger partial charge in [0, 0.05) is 31.7 Å². The number of carboxylic acid groups (broad SMARTS) is 1. The van der Waals surface area contributed by atoms with Crippen LogP contribution in [0, 0.1) is 0 Å². The van der Waals surface area contributed by atoms with Gasteiger partial charge in [-0.3, -0.25) is 4.79 Å². The van der Waals surface area contributed by atoms with E-state index >= 15 is 0 Å². The second-order valence-electron chi connectivity index (χ2n) is 7.04. The molecule has 148 valence electrons. The van der Waals surface area contributed by atoms with Gasteiger partial charge in [-0.25, -0.2) is 17.9 Å². The standard InChI is InChI=1S/C18H24N2O6S/c1-26-14-10-16(18(22)23)20(11-14)17(21)12-5-4-8-15(9-12)27(24,25)19-13-6-2-3-7-13/h4-5,8-9,13-14,16,19H,2-3,6-7,10-11H2,1H3,(H,22,23). The highest BCUT2D eigenvalue weighted by Gasteiger charge is 2.40. The van der Waals surface area contributed by atoms with E-state index in [0.717, 1.165) is 25.7 Å². The minimum absolute atomic E-state index is 0.00890. The lowest BCUT2D eigenvalue weighted by molar-refractivity contribution is -0.141. The lowest BCUT2D eigenvalue weighted by Crippen LogP contribution is -2.40. The van der Waals surface area contributed by atoms with Crippen molar-refractivity contribution in [1.29, 1.82) is 0 Å². The van der Waals surface area contributed by atoms with Crippen LogP contribution < -0.4 is 4.72 Å². The summed E-state index contributed by atoms with van der Waals surface area (Å²) in [6.07, 6.45) is 3.47. The van der Waals surface area contributed by atoms with Crippen LogP contribution in [0.4, 0.5) is 0 Å². The van der Waals surface area contributed by atoms with Gasteiger partial charge >= 0.3 is 5.97 Å². The lowest BCUT2D eigenvalue weighted by Gasteiger charge is -2.21. The van der Waals surface area contributed by atoms with Gasteiger partial charge in [0.15, 0.2) is 0 Å². The van der Waals surface area contributed by atoms with E-state index in [9.17, 15) is 23.1 Å². The van der Waals surface area contributed by atoms with Crippen molar-refractivity contribution in [1.82, 2.24) is 9.62 Å². The molecule has 0 aromatic heterocycles. The Labute approximate surface area is 158 Å². The highest BCUT2D eigenvalue weighted by Crippen LogP contribution is 2.24. The van der Waals surface area contributed by atoms with Gasteiger partial charge < -0.3 is 14.7 Å². The van der Waals surface area contributed by atoms with Crippen molar-refractivity contribution in [2.75, 3.05) is 13.7 Å². The number of ether oxygens (including phenoxy) is 1. The van der Waals surface area contributed by atoms with Crippen molar-refractivity contribution in [3.8, 4) is 0 Å². The van der Waals surface area contributed by atoms with Gasteiger partial charge in [-0.05, 0) is 31.0 Å². The largest absolute Gasteiger partial charge is 0.480 e. The lowest BCUT2D eigenvalue weighted by atomic mass is 10.1. The fraction of sp³-hybridized carbons (Fsp3) is 0.556. The molecular formula is C18H24N2O6S. The Morgan fingerprint density at radius 2 is 1.96 bits per heavy atom. The first-order valence-electron chi connectivity index (χ1n) is 9.01. The molecular weight excluding hydrogens is 372 g/mol. The number of rotatable bonds is 6. The Morgan fingerprint density at radius 1 is 1.26 bits per heavy atom. The van der Waals surface area contributed by atoms with E-state index in [1.54, 1.807) is 0 Å². The number of methoxy groups -OCH3 is 1. The first-order valence-corrected chi connectivity index (χ1v) is 10.5. The Balaban J connectivity index is 1.82. The number of carbonyl (C=O) groups excluding carboxylic acids is 1. The summed E-state index contributed by atoms with van der Waals surface area (Å²) in [7, 11) is -2.26. The third-order valence-electron chi connectivity index (χ3n) is 5.21. The number of nitrogens with one attached hydrogen (secondary N) is 1.